The molecule has 25 heavy (non-hydrogen) atoms. The molecular weight excluding hydrogens is 304 g/mol. The number of hydrogen-bond donors (Lipinski definition) is 2. The van der Waals surface area contributed by atoms with Crippen LogP contribution in [0.3, 0.4) is 0 Å². The van der Waals surface area contributed by atoms with Crippen LogP contribution in [-0.4, -0.2) is 25.2 Å². The molecule has 0 radical (unpaired) electrons. The highest BCUT2D eigenvalue weighted by Crippen LogP contribution is 2.72. The van der Waals surface area contributed by atoms with Gasteiger partial charge in [-0.25, -0.2) is 0 Å². The van der Waals surface area contributed by atoms with Crippen LogP contribution in [0.25, 0.3) is 0 Å². The van der Waals surface area contributed by atoms with Gasteiger partial charge in [0.25, 0.3) is 0 Å². The summed E-state index contributed by atoms with van der Waals surface area (Å²) in [5, 5.41) is 8.28. The Morgan fingerprint density at radius 1 is 0.520 bits per heavy atom. The van der Waals surface area contributed by atoms with Gasteiger partial charge in [0.1, 0.15) is 0 Å². The Balaban J connectivity index is 1.50. The van der Waals surface area contributed by atoms with Crippen molar-refractivity contribution < 1.29 is 0 Å². The van der Waals surface area contributed by atoms with E-state index < -0.39 is 0 Å². The SMILES string of the molecule is C1CCC2C(C1)C1CCCCC1C21C2CCCNC2C2CCCNC21. The van der Waals surface area contributed by atoms with E-state index >= 15 is 0 Å². The lowest BCUT2D eigenvalue weighted by molar-refractivity contribution is -0.00986. The van der Waals surface area contributed by atoms with Crippen molar-refractivity contribution in [3.8, 4) is 0 Å². The number of piperidine rings is 2. The molecule has 6 fully saturated rings. The minimum atomic E-state index is 0.680. The van der Waals surface area contributed by atoms with Crippen LogP contribution in [0.15, 0.2) is 0 Å². The molecule has 8 atom stereocenters. The van der Waals surface area contributed by atoms with Crippen molar-refractivity contribution in [2.75, 3.05) is 13.1 Å². The molecule has 2 aliphatic heterocycles. The van der Waals surface area contributed by atoms with Crippen molar-refractivity contribution in [1.29, 1.82) is 0 Å². The predicted octanol–water partition coefficient (Wildman–Crippen LogP) is 4.35. The van der Waals surface area contributed by atoms with Gasteiger partial charge in [-0.2, -0.15) is 0 Å². The van der Waals surface area contributed by atoms with Gasteiger partial charge in [0.05, 0.1) is 0 Å². The van der Waals surface area contributed by atoms with Gasteiger partial charge >= 0.3 is 0 Å². The van der Waals surface area contributed by atoms with E-state index in [-0.39, 0.29) is 0 Å². The summed E-state index contributed by atoms with van der Waals surface area (Å²) < 4.78 is 0. The van der Waals surface area contributed by atoms with Gasteiger partial charge in [-0.3, -0.25) is 0 Å². The maximum Gasteiger partial charge on any atom is 0.0175 e. The first-order valence-corrected chi connectivity index (χ1v) is 11.9. The van der Waals surface area contributed by atoms with E-state index in [0.717, 1.165) is 47.6 Å². The fourth-order valence-corrected chi connectivity index (χ4v) is 9.87. The van der Waals surface area contributed by atoms with Gasteiger partial charge in [0, 0.05) is 12.1 Å². The molecule has 6 aliphatic rings. The topological polar surface area (TPSA) is 24.1 Å². The highest BCUT2D eigenvalue weighted by atomic mass is 15.1. The lowest BCUT2D eigenvalue weighted by Crippen LogP contribution is -2.55. The number of hydrogen-bond acceptors (Lipinski definition) is 2. The van der Waals surface area contributed by atoms with Gasteiger partial charge in [0.15, 0.2) is 0 Å². The Morgan fingerprint density at radius 2 is 1.08 bits per heavy atom. The van der Waals surface area contributed by atoms with Gasteiger partial charge in [-0.15, -0.1) is 0 Å². The molecule has 2 heteroatoms. The summed E-state index contributed by atoms with van der Waals surface area (Å²) in [7, 11) is 0. The van der Waals surface area contributed by atoms with E-state index in [1.165, 1.54) is 58.0 Å². The minimum absolute atomic E-state index is 0.680. The number of nitrogens with one attached hydrogen (secondary N) is 2. The van der Waals surface area contributed by atoms with Crippen LogP contribution in [0.5, 0.6) is 0 Å². The molecule has 0 aromatic rings. The molecule has 0 bridgehead atoms. The molecule has 0 aromatic heterocycles. The van der Waals surface area contributed by atoms with Gasteiger partial charge in [0.2, 0.25) is 0 Å². The molecule has 2 nitrogen and oxygen atoms in total. The average molecular weight is 343 g/mol. The molecular formula is C23H38N2. The molecule has 8 unspecified atom stereocenters. The van der Waals surface area contributed by atoms with Crippen molar-refractivity contribution in [3.63, 3.8) is 0 Å². The Labute approximate surface area is 154 Å². The van der Waals surface area contributed by atoms with Crippen molar-refractivity contribution in [3.05, 3.63) is 0 Å². The van der Waals surface area contributed by atoms with Gasteiger partial charge < -0.3 is 10.6 Å². The summed E-state index contributed by atoms with van der Waals surface area (Å²) in [6.07, 6.45) is 18.4. The van der Waals surface area contributed by atoms with Crippen LogP contribution in [0.1, 0.15) is 77.0 Å². The third-order valence-electron chi connectivity index (χ3n) is 10.1. The zero-order valence-corrected chi connectivity index (χ0v) is 16.0. The second kappa shape index (κ2) is 5.96. The summed E-state index contributed by atoms with van der Waals surface area (Å²) in [4.78, 5) is 0. The van der Waals surface area contributed by atoms with E-state index in [2.05, 4.69) is 10.6 Å². The van der Waals surface area contributed by atoms with E-state index in [0.29, 0.717) is 5.41 Å². The number of fused-ring (bicyclic) bond motifs is 10. The van der Waals surface area contributed by atoms with E-state index in [1.54, 1.807) is 32.1 Å². The maximum absolute atomic E-state index is 4.20. The zero-order chi connectivity index (χ0) is 16.4. The second-order valence-electron chi connectivity index (χ2n) is 10.6. The standard InChI is InChI=1S/C23H38N2/c1-3-10-18-15(7-1)16-8-2-4-11-19(16)23(18)20-12-6-13-24-21(20)17-9-5-14-25-22(17)23/h15-22,24-25H,1-14H2. The third-order valence-corrected chi connectivity index (χ3v) is 10.1. The molecule has 6 rings (SSSR count). The highest BCUT2D eigenvalue weighted by molar-refractivity contribution is 5.23. The predicted molar refractivity (Wildman–Crippen MR) is 102 cm³/mol. The maximum atomic E-state index is 4.20. The third kappa shape index (κ3) is 1.99. The summed E-state index contributed by atoms with van der Waals surface area (Å²) in [5.41, 5.74) is 0.680. The van der Waals surface area contributed by atoms with Gasteiger partial charge in [-0.05, 0) is 105 Å². The average Bonchev–Trinajstić information content (AvgIpc) is 3.16. The smallest absolute Gasteiger partial charge is 0.0175 e. The second-order valence-corrected chi connectivity index (χ2v) is 10.6. The summed E-state index contributed by atoms with van der Waals surface area (Å²) in [5.74, 6) is 6.29. The summed E-state index contributed by atoms with van der Waals surface area (Å²) >= 11 is 0. The first kappa shape index (κ1) is 15.9. The van der Waals surface area contributed by atoms with Crippen LogP contribution >= 0.6 is 0 Å². The van der Waals surface area contributed by atoms with Gasteiger partial charge in [-0.1, -0.05) is 25.7 Å². The van der Waals surface area contributed by atoms with Crippen molar-refractivity contribution in [2.45, 2.75) is 89.1 Å². The Hall–Kier alpha value is -0.0800. The Bertz CT molecular complexity index is 423. The van der Waals surface area contributed by atoms with Crippen LogP contribution < -0.4 is 10.6 Å². The quantitative estimate of drug-likeness (QED) is 0.684. The number of rotatable bonds is 0. The minimum Gasteiger partial charge on any atom is -0.313 e. The molecule has 2 N–H and O–H groups in total. The van der Waals surface area contributed by atoms with Crippen LogP contribution in [0.2, 0.25) is 0 Å². The normalized spacial score (nSPS) is 57.6. The lowest BCUT2D eigenvalue weighted by atomic mass is 9.56. The Kier molecular flexibility index (Phi) is 3.80. The van der Waals surface area contributed by atoms with Crippen LogP contribution in [0.4, 0.5) is 0 Å². The molecule has 0 aromatic carbocycles. The van der Waals surface area contributed by atoms with E-state index in [4.69, 9.17) is 0 Å². The first-order chi connectivity index (χ1) is 12.4. The molecule has 0 amide bonds. The lowest BCUT2D eigenvalue weighted by Gasteiger charge is -2.51. The van der Waals surface area contributed by atoms with Crippen molar-refractivity contribution in [2.24, 2.45) is 40.9 Å². The largest absolute Gasteiger partial charge is 0.313 e. The summed E-state index contributed by atoms with van der Waals surface area (Å²) in [6, 6.07) is 1.72. The van der Waals surface area contributed by atoms with Crippen LogP contribution in [0, 0.1) is 40.9 Å². The van der Waals surface area contributed by atoms with E-state index in [1.807, 2.05) is 0 Å². The molecule has 4 saturated carbocycles. The van der Waals surface area contributed by atoms with Crippen molar-refractivity contribution in [1.82, 2.24) is 10.6 Å². The fraction of sp³-hybridized carbons (Fsp3) is 1.00. The van der Waals surface area contributed by atoms with E-state index in [9.17, 15) is 0 Å². The highest BCUT2D eigenvalue weighted by Gasteiger charge is 2.71. The molecule has 4 aliphatic carbocycles. The summed E-state index contributed by atoms with van der Waals surface area (Å²) in [6.45, 7) is 2.60. The fourth-order valence-electron chi connectivity index (χ4n) is 9.87. The molecule has 140 valence electrons. The monoisotopic (exact) mass is 342 g/mol. The van der Waals surface area contributed by atoms with Crippen LogP contribution in [-0.2, 0) is 0 Å². The zero-order valence-electron chi connectivity index (χ0n) is 16.0. The molecule has 1 spiro atoms. The first-order valence-electron chi connectivity index (χ1n) is 11.9. The Morgan fingerprint density at radius 3 is 1.84 bits per heavy atom. The molecule has 2 saturated heterocycles. The molecule has 2 heterocycles. The van der Waals surface area contributed by atoms with Crippen molar-refractivity contribution >= 4 is 0 Å².